The number of hydrogen-bond donors (Lipinski definition) is 3. The Hall–Kier alpha value is -2.76. The number of anilines is 3. The maximum Gasteiger partial charge on any atom is 0.343 e. The normalized spacial score (nSPS) is 18.6. The van der Waals surface area contributed by atoms with Gasteiger partial charge in [-0.25, -0.2) is 9.78 Å². The number of aromatic nitrogens is 1. The van der Waals surface area contributed by atoms with Gasteiger partial charge in [-0.3, -0.25) is 0 Å². The van der Waals surface area contributed by atoms with E-state index in [1.54, 1.807) is 17.8 Å². The maximum absolute atomic E-state index is 12.4. The van der Waals surface area contributed by atoms with E-state index < -0.39 is 5.97 Å². The number of esters is 1. The molecule has 1 aliphatic rings. The summed E-state index contributed by atoms with van der Waals surface area (Å²) in [4.78, 5) is 18.0. The SMILES string of the molecule is COC(=O)c1c(C#N)cc(NC2CCCC[C@@H]2N)nc1Nc1cccc(SC)c1. The predicted molar refractivity (Wildman–Crippen MR) is 116 cm³/mol. The van der Waals surface area contributed by atoms with Gasteiger partial charge in [-0.15, -0.1) is 11.8 Å². The second-order valence-electron chi connectivity index (χ2n) is 6.94. The smallest absolute Gasteiger partial charge is 0.343 e. The van der Waals surface area contributed by atoms with Crippen molar-refractivity contribution in [1.29, 1.82) is 5.26 Å². The van der Waals surface area contributed by atoms with E-state index in [9.17, 15) is 10.1 Å². The third kappa shape index (κ3) is 5.00. The summed E-state index contributed by atoms with van der Waals surface area (Å²) in [6.45, 7) is 0. The highest BCUT2D eigenvalue weighted by Crippen LogP contribution is 2.29. The lowest BCUT2D eigenvalue weighted by atomic mass is 9.91. The van der Waals surface area contributed by atoms with Crippen LogP contribution in [0.25, 0.3) is 0 Å². The molecule has 0 amide bonds. The van der Waals surface area contributed by atoms with Crippen molar-refractivity contribution in [1.82, 2.24) is 4.98 Å². The zero-order chi connectivity index (χ0) is 20.8. The van der Waals surface area contributed by atoms with Gasteiger partial charge in [0.1, 0.15) is 23.3 Å². The number of hydrogen-bond acceptors (Lipinski definition) is 8. The number of nitrogens with two attached hydrogens (primary N) is 1. The van der Waals surface area contributed by atoms with Gasteiger partial charge in [-0.2, -0.15) is 5.26 Å². The van der Waals surface area contributed by atoms with Crippen molar-refractivity contribution in [2.45, 2.75) is 42.7 Å². The van der Waals surface area contributed by atoms with Gasteiger partial charge >= 0.3 is 5.97 Å². The van der Waals surface area contributed by atoms with Crippen LogP contribution in [0.3, 0.4) is 0 Å². The molecule has 0 aliphatic heterocycles. The minimum atomic E-state index is -0.613. The monoisotopic (exact) mass is 411 g/mol. The van der Waals surface area contributed by atoms with Crippen LogP contribution < -0.4 is 16.4 Å². The molecule has 2 aromatic rings. The molecule has 1 unspecified atom stereocenters. The van der Waals surface area contributed by atoms with E-state index in [1.807, 2.05) is 30.5 Å². The number of methoxy groups -OCH3 is 1. The Bertz CT molecular complexity index is 928. The quantitative estimate of drug-likeness (QED) is 0.485. The first kappa shape index (κ1) is 21.0. The van der Waals surface area contributed by atoms with E-state index in [1.165, 1.54) is 7.11 Å². The molecule has 29 heavy (non-hydrogen) atoms. The average molecular weight is 412 g/mol. The molecule has 7 nitrogen and oxygen atoms in total. The molecule has 1 aromatic heterocycles. The van der Waals surface area contributed by atoms with Gasteiger partial charge in [0.25, 0.3) is 0 Å². The second kappa shape index (κ2) is 9.63. The van der Waals surface area contributed by atoms with E-state index in [2.05, 4.69) is 21.7 Å². The number of thioether (sulfide) groups is 1. The largest absolute Gasteiger partial charge is 0.465 e. The Labute approximate surface area is 175 Å². The lowest BCUT2D eigenvalue weighted by Crippen LogP contribution is -2.42. The van der Waals surface area contributed by atoms with Crippen molar-refractivity contribution in [2.24, 2.45) is 5.73 Å². The summed E-state index contributed by atoms with van der Waals surface area (Å²) in [6, 6.07) is 11.5. The first-order valence-electron chi connectivity index (χ1n) is 9.52. The fourth-order valence-electron chi connectivity index (χ4n) is 3.47. The van der Waals surface area contributed by atoms with E-state index in [-0.39, 0.29) is 29.0 Å². The van der Waals surface area contributed by atoms with E-state index in [0.717, 1.165) is 36.3 Å². The second-order valence-corrected chi connectivity index (χ2v) is 7.82. The molecule has 1 aliphatic carbocycles. The summed E-state index contributed by atoms with van der Waals surface area (Å²) in [5, 5.41) is 16.2. The number of pyridine rings is 1. The van der Waals surface area contributed by atoms with Crippen molar-refractivity contribution in [2.75, 3.05) is 24.0 Å². The first-order valence-corrected chi connectivity index (χ1v) is 10.7. The number of benzene rings is 1. The predicted octanol–water partition coefficient (Wildman–Crippen LogP) is 3.89. The lowest BCUT2D eigenvalue weighted by molar-refractivity contribution is 0.0601. The highest BCUT2D eigenvalue weighted by atomic mass is 32.2. The van der Waals surface area contributed by atoms with Crippen LogP contribution in [-0.2, 0) is 4.74 Å². The van der Waals surface area contributed by atoms with Crippen molar-refractivity contribution < 1.29 is 9.53 Å². The Kier molecular flexibility index (Phi) is 6.96. The summed E-state index contributed by atoms with van der Waals surface area (Å²) in [7, 11) is 1.29. The number of nitrogens with zero attached hydrogens (tertiary/aromatic N) is 2. The molecule has 1 aromatic carbocycles. The van der Waals surface area contributed by atoms with Gasteiger partial charge in [0.2, 0.25) is 0 Å². The number of nitrogens with one attached hydrogen (secondary N) is 2. The number of carbonyl (C=O) groups excluding carboxylic acids is 1. The molecule has 0 bridgehead atoms. The van der Waals surface area contributed by atoms with Crippen LogP contribution in [-0.4, -0.2) is 36.4 Å². The topological polar surface area (TPSA) is 113 Å². The summed E-state index contributed by atoms with van der Waals surface area (Å²) in [5.41, 5.74) is 7.32. The highest BCUT2D eigenvalue weighted by molar-refractivity contribution is 7.98. The summed E-state index contributed by atoms with van der Waals surface area (Å²) >= 11 is 1.61. The molecule has 4 N–H and O–H groups in total. The van der Waals surface area contributed by atoms with E-state index in [0.29, 0.717) is 5.82 Å². The third-order valence-electron chi connectivity index (χ3n) is 5.01. The van der Waals surface area contributed by atoms with Gasteiger partial charge in [-0.05, 0) is 43.4 Å². The lowest BCUT2D eigenvalue weighted by Gasteiger charge is -2.30. The molecular formula is C21H25N5O2S. The molecule has 1 heterocycles. The molecule has 0 spiro atoms. The Morgan fingerprint density at radius 1 is 1.34 bits per heavy atom. The van der Waals surface area contributed by atoms with Gasteiger partial charge in [-0.1, -0.05) is 18.9 Å². The third-order valence-corrected chi connectivity index (χ3v) is 5.74. The van der Waals surface area contributed by atoms with Crippen molar-refractivity contribution >= 4 is 35.1 Å². The molecule has 1 saturated carbocycles. The summed E-state index contributed by atoms with van der Waals surface area (Å²) in [5.74, 6) is 0.180. The van der Waals surface area contributed by atoms with E-state index >= 15 is 0 Å². The van der Waals surface area contributed by atoms with Gasteiger partial charge in [0.15, 0.2) is 0 Å². The van der Waals surface area contributed by atoms with Gasteiger partial charge in [0.05, 0.1) is 12.7 Å². The van der Waals surface area contributed by atoms with Crippen LogP contribution in [0.4, 0.5) is 17.3 Å². The van der Waals surface area contributed by atoms with Crippen LogP contribution in [0, 0.1) is 11.3 Å². The molecule has 8 heteroatoms. The van der Waals surface area contributed by atoms with Crippen LogP contribution in [0.2, 0.25) is 0 Å². The molecule has 2 atom stereocenters. The summed E-state index contributed by atoms with van der Waals surface area (Å²) < 4.78 is 4.89. The number of nitriles is 1. The molecule has 152 valence electrons. The number of ether oxygens (including phenoxy) is 1. The van der Waals surface area contributed by atoms with Crippen LogP contribution in [0.1, 0.15) is 41.6 Å². The fraction of sp³-hybridized carbons (Fsp3) is 0.381. The van der Waals surface area contributed by atoms with Crippen LogP contribution in [0.15, 0.2) is 35.2 Å². The van der Waals surface area contributed by atoms with Crippen molar-refractivity contribution in [3.63, 3.8) is 0 Å². The van der Waals surface area contributed by atoms with Gasteiger partial charge in [0, 0.05) is 22.7 Å². The number of carbonyl (C=O) groups is 1. The zero-order valence-corrected chi connectivity index (χ0v) is 17.4. The average Bonchev–Trinajstić information content (AvgIpc) is 2.74. The Morgan fingerprint density at radius 2 is 2.14 bits per heavy atom. The molecule has 0 radical (unpaired) electrons. The first-order chi connectivity index (χ1) is 14.0. The highest BCUT2D eigenvalue weighted by Gasteiger charge is 2.25. The minimum absolute atomic E-state index is 0.0334. The zero-order valence-electron chi connectivity index (χ0n) is 16.6. The molecule has 3 rings (SSSR count). The fourth-order valence-corrected chi connectivity index (χ4v) is 3.93. The molecular weight excluding hydrogens is 386 g/mol. The van der Waals surface area contributed by atoms with Crippen LogP contribution >= 0.6 is 11.8 Å². The van der Waals surface area contributed by atoms with Crippen molar-refractivity contribution in [3.05, 3.63) is 41.5 Å². The summed E-state index contributed by atoms with van der Waals surface area (Å²) in [6.07, 6.45) is 6.11. The maximum atomic E-state index is 12.4. The molecule has 0 saturated heterocycles. The Morgan fingerprint density at radius 3 is 2.83 bits per heavy atom. The van der Waals surface area contributed by atoms with Gasteiger partial charge < -0.3 is 21.1 Å². The molecule has 1 fully saturated rings. The van der Waals surface area contributed by atoms with E-state index in [4.69, 9.17) is 10.5 Å². The van der Waals surface area contributed by atoms with Crippen LogP contribution in [0.5, 0.6) is 0 Å². The number of rotatable bonds is 6. The standard InChI is InChI=1S/C21H25N5O2S/c1-28-21(27)19-13(12-22)10-18(25-17-9-4-3-8-16(17)23)26-20(19)24-14-6-5-7-15(11-14)29-2/h5-7,10-11,16-17H,3-4,8-9,23H2,1-2H3,(H2,24,25,26)/t16-,17?/m0/s1. The van der Waals surface area contributed by atoms with Crippen molar-refractivity contribution in [3.8, 4) is 6.07 Å². The minimum Gasteiger partial charge on any atom is -0.465 e. The Balaban J connectivity index is 2.00.